The fourth-order valence-electron chi connectivity index (χ4n) is 3.72. The molecule has 1 atom stereocenters. The molecular weight excluding hydrogens is 485 g/mol. The van der Waals surface area contributed by atoms with Crippen molar-refractivity contribution in [2.75, 3.05) is 4.90 Å². The van der Waals surface area contributed by atoms with E-state index in [2.05, 4.69) is 0 Å². The fourth-order valence-corrected chi connectivity index (χ4v) is 5.13. The first kappa shape index (κ1) is 23.9. The van der Waals surface area contributed by atoms with Crippen molar-refractivity contribution in [3.05, 3.63) is 82.3 Å². The van der Waals surface area contributed by atoms with E-state index in [4.69, 9.17) is 12.2 Å². The van der Waals surface area contributed by atoms with E-state index in [9.17, 15) is 27.6 Å². The Balaban J connectivity index is 1.58. The molecular formula is C24H17F3N2O3S2. The predicted molar refractivity (Wildman–Crippen MR) is 128 cm³/mol. The van der Waals surface area contributed by atoms with E-state index in [1.807, 2.05) is 43.3 Å². The molecule has 2 fully saturated rings. The van der Waals surface area contributed by atoms with Crippen molar-refractivity contribution in [2.24, 2.45) is 0 Å². The Morgan fingerprint density at radius 2 is 1.79 bits per heavy atom. The van der Waals surface area contributed by atoms with E-state index in [-0.39, 0.29) is 16.4 Å². The molecule has 2 aliphatic heterocycles. The van der Waals surface area contributed by atoms with E-state index in [0.717, 1.165) is 46.0 Å². The maximum atomic E-state index is 13.1. The van der Waals surface area contributed by atoms with Crippen molar-refractivity contribution < 1.29 is 27.6 Å². The number of thiocarbonyl (C=S) groups is 1. The molecule has 10 heteroatoms. The number of halogens is 3. The summed E-state index contributed by atoms with van der Waals surface area (Å²) in [7, 11) is 0. The van der Waals surface area contributed by atoms with E-state index in [1.54, 1.807) is 6.08 Å². The van der Waals surface area contributed by atoms with E-state index < -0.39 is 35.5 Å². The molecule has 0 radical (unpaired) electrons. The highest BCUT2D eigenvalue weighted by atomic mass is 32.2. The second-order valence-corrected chi connectivity index (χ2v) is 9.36. The van der Waals surface area contributed by atoms with Crippen LogP contribution in [0.25, 0.3) is 6.08 Å². The minimum absolute atomic E-state index is 0.112. The average molecular weight is 503 g/mol. The molecule has 0 aliphatic carbocycles. The summed E-state index contributed by atoms with van der Waals surface area (Å²) in [5, 5.41) is 0. The van der Waals surface area contributed by atoms with Gasteiger partial charge in [0, 0.05) is 0 Å². The first-order valence-electron chi connectivity index (χ1n) is 10.1. The van der Waals surface area contributed by atoms with Gasteiger partial charge in [-0.25, -0.2) is 4.90 Å². The van der Waals surface area contributed by atoms with Crippen LogP contribution in [0.3, 0.4) is 0 Å². The zero-order valence-corrected chi connectivity index (χ0v) is 19.3. The molecule has 2 heterocycles. The molecule has 4 rings (SSSR count). The van der Waals surface area contributed by atoms with Crippen molar-refractivity contribution in [3.63, 3.8) is 0 Å². The molecule has 5 nitrogen and oxygen atoms in total. The van der Waals surface area contributed by atoms with Gasteiger partial charge in [0.2, 0.25) is 5.91 Å². The Bertz CT molecular complexity index is 1260. The molecule has 2 aliphatic rings. The van der Waals surface area contributed by atoms with Gasteiger partial charge in [-0.3, -0.25) is 19.3 Å². The highest BCUT2D eigenvalue weighted by Crippen LogP contribution is 2.38. The van der Waals surface area contributed by atoms with Crippen molar-refractivity contribution in [2.45, 2.75) is 25.6 Å². The predicted octanol–water partition coefficient (Wildman–Crippen LogP) is 5.19. The van der Waals surface area contributed by atoms with Gasteiger partial charge in [0.1, 0.15) is 10.4 Å². The van der Waals surface area contributed by atoms with Crippen molar-refractivity contribution in [1.82, 2.24) is 4.90 Å². The molecule has 2 aromatic carbocycles. The summed E-state index contributed by atoms with van der Waals surface area (Å²) in [4.78, 5) is 40.8. The van der Waals surface area contributed by atoms with Crippen LogP contribution in [-0.4, -0.2) is 33.0 Å². The molecule has 2 saturated heterocycles. The van der Waals surface area contributed by atoms with Gasteiger partial charge >= 0.3 is 6.18 Å². The molecule has 0 bridgehead atoms. The van der Waals surface area contributed by atoms with Gasteiger partial charge in [-0.1, -0.05) is 66.5 Å². The number of allylic oxidation sites excluding steroid dienone is 2. The third-order valence-electron chi connectivity index (χ3n) is 5.24. The van der Waals surface area contributed by atoms with Gasteiger partial charge in [0.15, 0.2) is 0 Å². The number of benzene rings is 2. The van der Waals surface area contributed by atoms with Gasteiger partial charge in [-0.15, -0.1) is 0 Å². The lowest BCUT2D eigenvalue weighted by Gasteiger charge is -2.21. The lowest BCUT2D eigenvalue weighted by Crippen LogP contribution is -2.44. The van der Waals surface area contributed by atoms with Gasteiger partial charge in [-0.05, 0) is 42.3 Å². The number of hydrogen-bond donors (Lipinski definition) is 0. The summed E-state index contributed by atoms with van der Waals surface area (Å²) in [6.45, 7) is 1.82. The first-order chi connectivity index (χ1) is 16.1. The normalized spacial score (nSPS) is 20.8. The third-order valence-corrected chi connectivity index (χ3v) is 6.57. The average Bonchev–Trinajstić information content (AvgIpc) is 3.21. The molecule has 0 unspecified atom stereocenters. The summed E-state index contributed by atoms with van der Waals surface area (Å²) in [6, 6.07) is 12.2. The van der Waals surface area contributed by atoms with Crippen molar-refractivity contribution in [1.29, 1.82) is 0 Å². The second kappa shape index (κ2) is 9.19. The Kier molecular flexibility index (Phi) is 6.46. The molecule has 0 saturated carbocycles. The largest absolute Gasteiger partial charge is 0.416 e. The maximum Gasteiger partial charge on any atom is 0.416 e. The van der Waals surface area contributed by atoms with Crippen LogP contribution >= 0.6 is 24.0 Å². The number of carbonyl (C=O) groups excluding carboxylic acids is 3. The second-order valence-electron chi connectivity index (χ2n) is 7.69. The minimum atomic E-state index is -4.63. The lowest BCUT2D eigenvalue weighted by atomic mass is 10.1. The Morgan fingerprint density at radius 3 is 2.47 bits per heavy atom. The number of imide groups is 1. The number of amides is 3. The number of carbonyl (C=O) groups is 3. The van der Waals surface area contributed by atoms with E-state index >= 15 is 0 Å². The van der Waals surface area contributed by atoms with Crippen LogP contribution in [0.2, 0.25) is 0 Å². The number of rotatable bonds is 4. The Morgan fingerprint density at radius 1 is 1.09 bits per heavy atom. The Labute approximate surface area is 202 Å². The van der Waals surface area contributed by atoms with Crippen LogP contribution < -0.4 is 4.90 Å². The van der Waals surface area contributed by atoms with E-state index in [1.165, 1.54) is 6.07 Å². The van der Waals surface area contributed by atoms with Crippen LogP contribution in [0.15, 0.2) is 71.2 Å². The molecule has 3 amide bonds. The van der Waals surface area contributed by atoms with Crippen LogP contribution in [0.1, 0.15) is 24.5 Å². The number of thioether (sulfide) groups is 1. The molecule has 34 heavy (non-hydrogen) atoms. The standard InChI is InChI=1S/C24H17F3N2O3S2/c1-14(10-15-6-3-2-4-7-15)11-19-22(32)29(23(33)34-19)18-13-20(30)28(21(18)31)17-9-5-8-16(12-17)24(25,26)27/h2-12,18H,13H2,1H3/b14-10+,19-11-/t18-/m1/s1. The van der Waals surface area contributed by atoms with Gasteiger partial charge in [-0.2, -0.15) is 13.2 Å². The van der Waals surface area contributed by atoms with Crippen molar-refractivity contribution in [3.8, 4) is 0 Å². The summed E-state index contributed by atoms with van der Waals surface area (Å²) in [5.74, 6) is -2.02. The number of hydrogen-bond acceptors (Lipinski definition) is 5. The zero-order chi connectivity index (χ0) is 24.6. The van der Waals surface area contributed by atoms with Crippen molar-refractivity contribution >= 4 is 57.8 Å². The molecule has 0 N–H and O–H groups in total. The lowest BCUT2D eigenvalue weighted by molar-refractivity contribution is -0.137. The topological polar surface area (TPSA) is 57.7 Å². The Hall–Kier alpha value is -3.24. The first-order valence-corrected chi connectivity index (χ1v) is 11.3. The van der Waals surface area contributed by atoms with Crippen LogP contribution in [0, 0.1) is 0 Å². The van der Waals surface area contributed by atoms with Gasteiger partial charge in [0.05, 0.1) is 22.6 Å². The molecule has 0 aromatic heterocycles. The van der Waals surface area contributed by atoms with Gasteiger partial charge in [0.25, 0.3) is 11.8 Å². The summed E-state index contributed by atoms with van der Waals surface area (Å²) in [6.07, 6.45) is -1.47. The third kappa shape index (κ3) is 4.69. The fraction of sp³-hybridized carbons (Fsp3) is 0.167. The van der Waals surface area contributed by atoms with Crippen LogP contribution in [0.5, 0.6) is 0 Å². The molecule has 174 valence electrons. The quantitative estimate of drug-likeness (QED) is 0.327. The highest BCUT2D eigenvalue weighted by molar-refractivity contribution is 8.26. The number of anilines is 1. The molecule has 2 aromatic rings. The maximum absolute atomic E-state index is 13.1. The summed E-state index contributed by atoms with van der Waals surface area (Å²) in [5.41, 5.74) is 0.546. The van der Waals surface area contributed by atoms with E-state index in [0.29, 0.717) is 9.81 Å². The number of alkyl halides is 3. The minimum Gasteiger partial charge on any atom is -0.280 e. The van der Waals surface area contributed by atoms with Gasteiger partial charge < -0.3 is 0 Å². The smallest absolute Gasteiger partial charge is 0.280 e. The SMILES string of the molecule is CC(/C=C1\SC(=S)N([C@@H]2CC(=O)N(c3cccc(C(F)(F)F)c3)C2=O)C1=O)=C\c1ccccc1. The number of nitrogens with zero attached hydrogens (tertiary/aromatic N) is 2. The van der Waals surface area contributed by atoms with Crippen LogP contribution in [-0.2, 0) is 20.6 Å². The van der Waals surface area contributed by atoms with Crippen LogP contribution in [0.4, 0.5) is 18.9 Å². The highest BCUT2D eigenvalue weighted by Gasteiger charge is 2.49. The monoisotopic (exact) mass is 502 g/mol. The summed E-state index contributed by atoms with van der Waals surface area (Å²) < 4.78 is 39.4. The zero-order valence-electron chi connectivity index (χ0n) is 17.7. The molecule has 0 spiro atoms. The summed E-state index contributed by atoms with van der Waals surface area (Å²) >= 11 is 6.32.